The van der Waals surface area contributed by atoms with Crippen molar-refractivity contribution in [3.8, 4) is 0 Å². The number of carbonyl (C=O) groups excluding carboxylic acids is 2. The Labute approximate surface area is 179 Å². The van der Waals surface area contributed by atoms with Gasteiger partial charge in [0.25, 0.3) is 11.8 Å². The van der Waals surface area contributed by atoms with Gasteiger partial charge in [0, 0.05) is 9.92 Å². The Morgan fingerprint density at radius 2 is 1.52 bits per heavy atom. The summed E-state index contributed by atoms with van der Waals surface area (Å²) < 4.78 is 0. The first-order valence-electron chi connectivity index (χ1n) is 9.15. The molecule has 1 heterocycles. The van der Waals surface area contributed by atoms with Crippen LogP contribution in [0.15, 0.2) is 82.6 Å². The number of aryl methyl sites for hydroxylation is 2. The van der Waals surface area contributed by atoms with E-state index >= 15 is 0 Å². The minimum atomic E-state index is -0.317. The van der Waals surface area contributed by atoms with Crippen LogP contribution in [0.3, 0.4) is 0 Å². The van der Waals surface area contributed by atoms with Crippen LogP contribution in [0.2, 0.25) is 5.02 Å². The highest BCUT2D eigenvalue weighted by Crippen LogP contribution is 2.42. The van der Waals surface area contributed by atoms with Gasteiger partial charge in [-0.05, 0) is 55.3 Å². The Kier molecular flexibility index (Phi) is 5.31. The van der Waals surface area contributed by atoms with Crippen LogP contribution in [0.25, 0.3) is 5.57 Å². The first-order valence-corrected chi connectivity index (χ1v) is 10.3. The molecule has 4 rings (SSSR count). The first kappa shape index (κ1) is 19.5. The number of thioether (sulfide) groups is 1. The molecule has 0 N–H and O–H groups in total. The van der Waals surface area contributed by atoms with E-state index < -0.39 is 0 Å². The number of hydrogen-bond acceptors (Lipinski definition) is 3. The SMILES string of the molecule is Cc1ccc(C2=C(Sc3ccccc3)C(=O)N(c3ccc(Cl)cc3C)C2=O)cc1. The van der Waals surface area contributed by atoms with Crippen LogP contribution in [-0.4, -0.2) is 11.8 Å². The number of nitrogens with zero attached hydrogens (tertiary/aromatic N) is 1. The first-order chi connectivity index (χ1) is 14.0. The molecule has 0 aliphatic carbocycles. The predicted molar refractivity (Wildman–Crippen MR) is 119 cm³/mol. The van der Waals surface area contributed by atoms with Crippen molar-refractivity contribution in [3.63, 3.8) is 0 Å². The Bertz CT molecular complexity index is 1140. The molecule has 5 heteroatoms. The van der Waals surface area contributed by atoms with Crippen molar-refractivity contribution >= 4 is 46.4 Å². The molecule has 2 amide bonds. The lowest BCUT2D eigenvalue weighted by Gasteiger charge is -2.18. The number of carbonyl (C=O) groups is 2. The molecule has 3 nitrogen and oxygen atoms in total. The van der Waals surface area contributed by atoms with Crippen molar-refractivity contribution in [2.24, 2.45) is 0 Å². The molecule has 0 unspecified atom stereocenters. The summed E-state index contributed by atoms with van der Waals surface area (Å²) in [6.45, 7) is 3.83. The van der Waals surface area contributed by atoms with E-state index in [1.54, 1.807) is 18.2 Å². The smallest absolute Gasteiger partial charge is 0.268 e. The van der Waals surface area contributed by atoms with E-state index in [-0.39, 0.29) is 11.8 Å². The number of rotatable bonds is 4. The summed E-state index contributed by atoms with van der Waals surface area (Å²) in [4.78, 5) is 29.4. The van der Waals surface area contributed by atoms with Crippen LogP contribution in [0, 0.1) is 13.8 Å². The zero-order chi connectivity index (χ0) is 20.5. The molecule has 0 saturated carbocycles. The van der Waals surface area contributed by atoms with E-state index in [1.165, 1.54) is 16.7 Å². The Hall–Kier alpha value is -2.82. The Balaban J connectivity index is 1.84. The maximum Gasteiger partial charge on any atom is 0.272 e. The average molecular weight is 420 g/mol. The zero-order valence-corrected chi connectivity index (χ0v) is 17.6. The van der Waals surface area contributed by atoms with E-state index in [9.17, 15) is 9.59 Å². The second-order valence-electron chi connectivity index (χ2n) is 6.86. The zero-order valence-electron chi connectivity index (χ0n) is 16.0. The van der Waals surface area contributed by atoms with Crippen molar-refractivity contribution < 1.29 is 9.59 Å². The van der Waals surface area contributed by atoms with Crippen molar-refractivity contribution in [3.05, 3.63) is 99.4 Å². The Morgan fingerprint density at radius 3 is 2.17 bits per heavy atom. The van der Waals surface area contributed by atoms with E-state index in [4.69, 9.17) is 11.6 Å². The molecule has 0 saturated heterocycles. The van der Waals surface area contributed by atoms with Crippen molar-refractivity contribution in [2.45, 2.75) is 18.7 Å². The van der Waals surface area contributed by atoms with Crippen LogP contribution in [0.4, 0.5) is 5.69 Å². The predicted octanol–water partition coefficient (Wildman–Crippen LogP) is 6.03. The summed E-state index contributed by atoms with van der Waals surface area (Å²) in [5, 5.41) is 0.566. The van der Waals surface area contributed by atoms with Crippen molar-refractivity contribution in [1.82, 2.24) is 0 Å². The topological polar surface area (TPSA) is 37.4 Å². The van der Waals surface area contributed by atoms with Gasteiger partial charge in [0.1, 0.15) is 0 Å². The van der Waals surface area contributed by atoms with Gasteiger partial charge < -0.3 is 0 Å². The summed E-state index contributed by atoms with van der Waals surface area (Å²) >= 11 is 7.39. The molecule has 3 aromatic rings. The Morgan fingerprint density at radius 1 is 0.828 bits per heavy atom. The third kappa shape index (κ3) is 3.74. The number of imide groups is 1. The number of amides is 2. The lowest BCUT2D eigenvalue weighted by Crippen LogP contribution is -2.31. The highest BCUT2D eigenvalue weighted by molar-refractivity contribution is 8.04. The highest BCUT2D eigenvalue weighted by Gasteiger charge is 2.41. The fourth-order valence-electron chi connectivity index (χ4n) is 3.27. The molecule has 1 aliphatic heterocycles. The fourth-order valence-corrected chi connectivity index (χ4v) is 4.52. The second-order valence-corrected chi connectivity index (χ2v) is 8.38. The number of benzene rings is 3. The maximum atomic E-state index is 13.4. The van der Waals surface area contributed by atoms with Crippen molar-refractivity contribution in [1.29, 1.82) is 0 Å². The number of halogens is 1. The molecule has 0 bridgehead atoms. The third-order valence-electron chi connectivity index (χ3n) is 4.74. The lowest BCUT2D eigenvalue weighted by molar-refractivity contribution is -0.119. The van der Waals surface area contributed by atoms with Gasteiger partial charge in [-0.25, -0.2) is 4.90 Å². The minimum absolute atomic E-state index is 0.315. The van der Waals surface area contributed by atoms with Crippen molar-refractivity contribution in [2.75, 3.05) is 4.90 Å². The molecule has 29 heavy (non-hydrogen) atoms. The quantitative estimate of drug-likeness (QED) is 0.484. The molecule has 144 valence electrons. The van der Waals surface area contributed by atoms with Crippen LogP contribution < -0.4 is 4.90 Å². The second kappa shape index (κ2) is 7.90. The van der Waals surface area contributed by atoms with Gasteiger partial charge in [0.15, 0.2) is 0 Å². The summed E-state index contributed by atoms with van der Waals surface area (Å²) in [6, 6.07) is 22.4. The summed E-state index contributed by atoms with van der Waals surface area (Å²) in [7, 11) is 0. The normalized spacial score (nSPS) is 14.1. The average Bonchev–Trinajstić information content (AvgIpc) is 2.94. The molecule has 1 aliphatic rings. The maximum absolute atomic E-state index is 13.4. The van der Waals surface area contributed by atoms with Gasteiger partial charge in [-0.1, -0.05) is 71.4 Å². The molecule has 0 spiro atoms. The monoisotopic (exact) mass is 419 g/mol. The molecular formula is C24H18ClNO2S. The van der Waals surface area contributed by atoms with E-state index in [0.29, 0.717) is 21.2 Å². The van der Waals surface area contributed by atoms with Crippen LogP contribution >= 0.6 is 23.4 Å². The summed E-state index contributed by atoms with van der Waals surface area (Å²) in [6.07, 6.45) is 0. The van der Waals surface area contributed by atoms with E-state index in [2.05, 4.69) is 0 Å². The largest absolute Gasteiger partial charge is 0.272 e. The van der Waals surface area contributed by atoms with E-state index in [0.717, 1.165) is 21.6 Å². The van der Waals surface area contributed by atoms with Crippen LogP contribution in [-0.2, 0) is 9.59 Å². The molecule has 3 aromatic carbocycles. The number of hydrogen-bond donors (Lipinski definition) is 0. The van der Waals surface area contributed by atoms with Gasteiger partial charge in [-0.15, -0.1) is 0 Å². The van der Waals surface area contributed by atoms with Crippen LogP contribution in [0.5, 0.6) is 0 Å². The molecule has 0 atom stereocenters. The standard InChI is InChI=1S/C24H18ClNO2S/c1-15-8-10-17(11-9-15)21-22(29-19-6-4-3-5-7-19)24(28)26(23(21)27)20-13-12-18(25)14-16(20)2/h3-14H,1-2H3. The lowest BCUT2D eigenvalue weighted by atomic mass is 10.0. The molecular weight excluding hydrogens is 402 g/mol. The van der Waals surface area contributed by atoms with E-state index in [1.807, 2.05) is 68.4 Å². The van der Waals surface area contributed by atoms with Gasteiger partial charge in [-0.2, -0.15) is 0 Å². The van der Waals surface area contributed by atoms with Gasteiger partial charge in [0.05, 0.1) is 16.2 Å². The molecule has 0 radical (unpaired) electrons. The highest BCUT2D eigenvalue weighted by atomic mass is 35.5. The molecule has 0 aromatic heterocycles. The van der Waals surface area contributed by atoms with Gasteiger partial charge in [0.2, 0.25) is 0 Å². The van der Waals surface area contributed by atoms with Gasteiger partial charge in [-0.3, -0.25) is 9.59 Å². The summed E-state index contributed by atoms with van der Waals surface area (Å²) in [5.74, 6) is -0.632. The fraction of sp³-hybridized carbons (Fsp3) is 0.0833. The number of anilines is 1. The van der Waals surface area contributed by atoms with Gasteiger partial charge >= 0.3 is 0 Å². The van der Waals surface area contributed by atoms with Crippen LogP contribution in [0.1, 0.15) is 16.7 Å². The summed E-state index contributed by atoms with van der Waals surface area (Å²) in [5.41, 5.74) is 3.58. The third-order valence-corrected chi connectivity index (χ3v) is 6.07. The molecule has 0 fully saturated rings. The minimum Gasteiger partial charge on any atom is -0.268 e.